The number of anilines is 1. The lowest BCUT2D eigenvalue weighted by Gasteiger charge is -2.37. The molecule has 1 unspecified atom stereocenters. The lowest BCUT2D eigenvalue weighted by Crippen LogP contribution is -2.44. The standard InChI is InChI=1S/C22H24N2S/c1-24-20-7-8-21(24)14-19(13-20)23-18-5-2-15(3-6-18)16-4-9-22-17(12-16)10-11-25-22/h2-6,9-12,19-21,23H,7-8,13-14H2,1H3/t19?,20-,21+. The molecule has 0 spiro atoms. The normalized spacial score (nSPS) is 26.2. The molecule has 2 aromatic carbocycles. The molecule has 2 bridgehead atoms. The summed E-state index contributed by atoms with van der Waals surface area (Å²) >= 11 is 1.81. The average Bonchev–Trinajstić information content (AvgIpc) is 3.16. The first-order valence-corrected chi connectivity index (χ1v) is 10.2. The number of hydrogen-bond acceptors (Lipinski definition) is 3. The predicted octanol–water partition coefficient (Wildman–Crippen LogP) is 5.61. The first kappa shape index (κ1) is 15.4. The van der Waals surface area contributed by atoms with Gasteiger partial charge in [-0.15, -0.1) is 11.3 Å². The van der Waals surface area contributed by atoms with Crippen LogP contribution in [0.15, 0.2) is 53.9 Å². The van der Waals surface area contributed by atoms with Gasteiger partial charge in [-0.3, -0.25) is 0 Å². The molecule has 5 rings (SSSR count). The molecule has 3 heterocycles. The molecular weight excluding hydrogens is 324 g/mol. The second-order valence-corrected chi connectivity index (χ2v) is 8.56. The highest BCUT2D eigenvalue weighted by molar-refractivity contribution is 7.17. The molecule has 3 heteroatoms. The minimum atomic E-state index is 0.627. The zero-order valence-electron chi connectivity index (χ0n) is 14.6. The molecule has 2 aliphatic heterocycles. The van der Waals surface area contributed by atoms with E-state index < -0.39 is 0 Å². The van der Waals surface area contributed by atoms with Crippen molar-refractivity contribution in [2.45, 2.75) is 43.8 Å². The van der Waals surface area contributed by atoms with Crippen LogP contribution in [0.4, 0.5) is 5.69 Å². The summed E-state index contributed by atoms with van der Waals surface area (Å²) in [4.78, 5) is 2.60. The first-order chi connectivity index (χ1) is 12.3. The Kier molecular flexibility index (Phi) is 3.79. The molecule has 128 valence electrons. The Hall–Kier alpha value is -1.84. The van der Waals surface area contributed by atoms with Gasteiger partial charge in [0.25, 0.3) is 0 Å². The quantitative estimate of drug-likeness (QED) is 0.662. The molecule has 3 atom stereocenters. The van der Waals surface area contributed by atoms with E-state index in [1.165, 1.54) is 52.6 Å². The van der Waals surface area contributed by atoms with Crippen molar-refractivity contribution in [1.29, 1.82) is 0 Å². The minimum Gasteiger partial charge on any atom is -0.382 e. The molecule has 0 radical (unpaired) electrons. The second kappa shape index (κ2) is 6.15. The van der Waals surface area contributed by atoms with Crippen molar-refractivity contribution in [3.63, 3.8) is 0 Å². The Morgan fingerprint density at radius 2 is 1.64 bits per heavy atom. The maximum absolute atomic E-state index is 3.78. The van der Waals surface area contributed by atoms with Crippen LogP contribution in [0.25, 0.3) is 21.2 Å². The number of benzene rings is 2. The van der Waals surface area contributed by atoms with E-state index in [2.05, 4.69) is 71.2 Å². The van der Waals surface area contributed by atoms with E-state index in [4.69, 9.17) is 0 Å². The zero-order chi connectivity index (χ0) is 16.8. The molecule has 1 N–H and O–H groups in total. The molecule has 2 aliphatic rings. The number of rotatable bonds is 3. The highest BCUT2D eigenvalue weighted by Gasteiger charge is 2.38. The van der Waals surface area contributed by atoms with E-state index in [0.717, 1.165) is 12.1 Å². The van der Waals surface area contributed by atoms with Crippen LogP contribution in [-0.2, 0) is 0 Å². The van der Waals surface area contributed by atoms with Crippen molar-refractivity contribution >= 4 is 27.1 Å². The SMILES string of the molecule is CN1[C@@H]2CC[C@H]1CC(Nc1ccc(-c3ccc4sccc4c3)cc1)C2. The molecule has 2 nitrogen and oxygen atoms in total. The van der Waals surface area contributed by atoms with E-state index >= 15 is 0 Å². The highest BCUT2D eigenvalue weighted by atomic mass is 32.1. The number of nitrogens with one attached hydrogen (secondary N) is 1. The van der Waals surface area contributed by atoms with E-state index in [1.54, 1.807) is 11.3 Å². The molecular formula is C22H24N2S. The van der Waals surface area contributed by atoms with Gasteiger partial charge in [0.2, 0.25) is 0 Å². The summed E-state index contributed by atoms with van der Waals surface area (Å²) in [6.07, 6.45) is 5.32. The van der Waals surface area contributed by atoms with Crippen molar-refractivity contribution in [3.8, 4) is 11.1 Å². The number of thiophene rings is 1. The van der Waals surface area contributed by atoms with Crippen LogP contribution in [0.3, 0.4) is 0 Å². The molecule has 0 aliphatic carbocycles. The summed E-state index contributed by atoms with van der Waals surface area (Å²) in [7, 11) is 2.30. The number of hydrogen-bond donors (Lipinski definition) is 1. The van der Waals surface area contributed by atoms with Crippen molar-refractivity contribution in [2.24, 2.45) is 0 Å². The fourth-order valence-electron chi connectivity index (χ4n) is 4.67. The fourth-order valence-corrected chi connectivity index (χ4v) is 5.44. The van der Waals surface area contributed by atoms with Crippen molar-refractivity contribution < 1.29 is 0 Å². The lowest BCUT2D eigenvalue weighted by molar-refractivity contribution is 0.169. The van der Waals surface area contributed by atoms with E-state index in [1.807, 2.05) is 0 Å². The van der Waals surface area contributed by atoms with Gasteiger partial charge in [-0.05, 0) is 85.0 Å². The van der Waals surface area contributed by atoms with Gasteiger partial charge in [-0.25, -0.2) is 0 Å². The monoisotopic (exact) mass is 348 g/mol. The third-order valence-electron chi connectivity index (χ3n) is 6.14. The van der Waals surface area contributed by atoms with Crippen molar-refractivity contribution in [1.82, 2.24) is 4.90 Å². The summed E-state index contributed by atoms with van der Waals surface area (Å²) in [5, 5.41) is 7.28. The van der Waals surface area contributed by atoms with Gasteiger partial charge in [-0.1, -0.05) is 18.2 Å². The Morgan fingerprint density at radius 3 is 2.40 bits per heavy atom. The Morgan fingerprint density at radius 1 is 0.920 bits per heavy atom. The van der Waals surface area contributed by atoms with Gasteiger partial charge in [0.15, 0.2) is 0 Å². The molecule has 3 aromatic rings. The zero-order valence-corrected chi connectivity index (χ0v) is 15.4. The van der Waals surface area contributed by atoms with Gasteiger partial charge in [0, 0.05) is 28.5 Å². The van der Waals surface area contributed by atoms with Crippen LogP contribution in [0.2, 0.25) is 0 Å². The predicted molar refractivity (Wildman–Crippen MR) is 108 cm³/mol. The Labute approximate surface area is 153 Å². The summed E-state index contributed by atoms with van der Waals surface area (Å²) in [6, 6.07) is 20.1. The smallest absolute Gasteiger partial charge is 0.0343 e. The molecule has 1 aromatic heterocycles. The molecule has 0 amide bonds. The summed E-state index contributed by atoms with van der Waals surface area (Å²) in [5.41, 5.74) is 3.85. The molecule has 2 fully saturated rings. The average molecular weight is 349 g/mol. The van der Waals surface area contributed by atoms with Gasteiger partial charge < -0.3 is 10.2 Å². The van der Waals surface area contributed by atoms with E-state index in [9.17, 15) is 0 Å². The summed E-state index contributed by atoms with van der Waals surface area (Å²) < 4.78 is 1.36. The van der Waals surface area contributed by atoms with Gasteiger partial charge >= 0.3 is 0 Å². The van der Waals surface area contributed by atoms with Crippen molar-refractivity contribution in [3.05, 3.63) is 53.9 Å². The number of piperidine rings is 1. The van der Waals surface area contributed by atoms with E-state index in [-0.39, 0.29) is 0 Å². The fraction of sp³-hybridized carbons (Fsp3) is 0.364. The maximum Gasteiger partial charge on any atom is 0.0343 e. The van der Waals surface area contributed by atoms with Gasteiger partial charge in [-0.2, -0.15) is 0 Å². The Balaban J connectivity index is 1.31. The topological polar surface area (TPSA) is 15.3 Å². The highest BCUT2D eigenvalue weighted by Crippen LogP contribution is 2.35. The summed E-state index contributed by atoms with van der Waals surface area (Å²) in [6.45, 7) is 0. The molecule has 2 saturated heterocycles. The Bertz CT molecular complexity index is 868. The van der Waals surface area contributed by atoms with Crippen LogP contribution in [0.5, 0.6) is 0 Å². The third-order valence-corrected chi connectivity index (χ3v) is 7.04. The maximum atomic E-state index is 3.78. The van der Waals surface area contributed by atoms with Gasteiger partial charge in [0.1, 0.15) is 0 Å². The second-order valence-electron chi connectivity index (χ2n) is 7.61. The minimum absolute atomic E-state index is 0.627. The van der Waals surface area contributed by atoms with Crippen LogP contribution >= 0.6 is 11.3 Å². The number of fused-ring (bicyclic) bond motifs is 3. The summed E-state index contributed by atoms with van der Waals surface area (Å²) in [5.74, 6) is 0. The lowest BCUT2D eigenvalue weighted by atomic mass is 9.97. The van der Waals surface area contributed by atoms with Gasteiger partial charge in [0.05, 0.1) is 0 Å². The van der Waals surface area contributed by atoms with Crippen LogP contribution in [-0.4, -0.2) is 30.1 Å². The largest absolute Gasteiger partial charge is 0.382 e. The molecule has 0 saturated carbocycles. The van der Waals surface area contributed by atoms with E-state index in [0.29, 0.717) is 6.04 Å². The van der Waals surface area contributed by atoms with Crippen LogP contribution < -0.4 is 5.32 Å². The molecule has 25 heavy (non-hydrogen) atoms. The third kappa shape index (κ3) is 2.86. The number of nitrogens with zero attached hydrogens (tertiary/aromatic N) is 1. The van der Waals surface area contributed by atoms with Crippen molar-refractivity contribution in [2.75, 3.05) is 12.4 Å². The van der Waals surface area contributed by atoms with Crippen LogP contribution in [0, 0.1) is 0 Å². The van der Waals surface area contributed by atoms with Crippen LogP contribution in [0.1, 0.15) is 25.7 Å². The first-order valence-electron chi connectivity index (χ1n) is 9.32.